The van der Waals surface area contributed by atoms with E-state index >= 15 is 0 Å². The number of aliphatic carboxylic acids is 1. The first-order valence-corrected chi connectivity index (χ1v) is 12.1. The number of nitrogens with zero attached hydrogens (tertiary/aromatic N) is 1. The molecule has 1 atom stereocenters. The molecule has 2 aliphatic carbocycles. The van der Waals surface area contributed by atoms with Gasteiger partial charge in [-0.05, 0) is 72.8 Å². The summed E-state index contributed by atoms with van der Waals surface area (Å²) in [5.74, 6) is 5.25. The summed E-state index contributed by atoms with van der Waals surface area (Å²) in [6, 6.07) is 7.13. The van der Waals surface area contributed by atoms with E-state index in [0.29, 0.717) is 36.6 Å². The number of anilines is 1. The second-order valence-electron chi connectivity index (χ2n) is 8.91. The molecule has 1 fully saturated rings. The van der Waals surface area contributed by atoms with Gasteiger partial charge in [-0.3, -0.25) is 10.1 Å². The van der Waals surface area contributed by atoms with Crippen molar-refractivity contribution in [2.75, 3.05) is 18.5 Å². The van der Waals surface area contributed by atoms with Crippen molar-refractivity contribution in [3.8, 4) is 11.8 Å². The summed E-state index contributed by atoms with van der Waals surface area (Å²) in [4.78, 5) is 24.5. The summed E-state index contributed by atoms with van der Waals surface area (Å²) < 4.78 is 16.0. The minimum Gasteiger partial charge on any atom is -0.481 e. The molecule has 8 nitrogen and oxygen atoms in total. The molecule has 1 aliphatic heterocycles. The Morgan fingerprint density at radius 3 is 2.62 bits per heavy atom. The number of allylic oxidation sites excluding steroid dienone is 7. The Morgan fingerprint density at radius 1 is 1.14 bits per heavy atom. The predicted octanol–water partition coefficient (Wildman–Crippen LogP) is 5.60. The zero-order valence-corrected chi connectivity index (χ0v) is 20.7. The highest BCUT2D eigenvalue weighted by Gasteiger charge is 2.44. The summed E-state index contributed by atoms with van der Waals surface area (Å²) in [5, 5.41) is 16.7. The van der Waals surface area contributed by atoms with Gasteiger partial charge in [-0.2, -0.15) is 0 Å². The molecular weight excluding hydrogens is 496 g/mol. The number of carbonyl (C=O) groups is 2. The number of nitrogens with one attached hydrogen (secondary N) is 1. The number of benzene rings is 1. The smallest absolute Gasteiger partial charge is 0.412 e. The van der Waals surface area contributed by atoms with Gasteiger partial charge in [0.1, 0.15) is 11.8 Å². The molecular formula is C28H23ClN2O6. The summed E-state index contributed by atoms with van der Waals surface area (Å²) >= 11 is 6.17. The number of rotatable bonds is 5. The molecule has 0 saturated carbocycles. The molecule has 188 valence electrons. The van der Waals surface area contributed by atoms with Crippen LogP contribution >= 0.6 is 11.6 Å². The maximum atomic E-state index is 12.4. The largest absolute Gasteiger partial charge is 0.481 e. The molecule has 1 saturated heterocycles. The Morgan fingerprint density at radius 2 is 1.89 bits per heavy atom. The molecule has 1 amide bonds. The van der Waals surface area contributed by atoms with Crippen LogP contribution in [-0.4, -0.2) is 35.5 Å². The Hall–Kier alpha value is -4.06. The summed E-state index contributed by atoms with van der Waals surface area (Å²) in [6.45, 7) is 2.58. The number of carboxylic acids is 1. The Labute approximate surface area is 218 Å². The van der Waals surface area contributed by atoms with Gasteiger partial charge < -0.3 is 19.1 Å². The third kappa shape index (κ3) is 4.96. The summed E-state index contributed by atoms with van der Waals surface area (Å²) in [6.07, 6.45) is 8.59. The fraction of sp³-hybridized carbons (Fsp3) is 0.250. The monoisotopic (exact) mass is 518 g/mol. The second kappa shape index (κ2) is 10.1. The number of hydrogen-bond donors (Lipinski definition) is 2. The van der Waals surface area contributed by atoms with Gasteiger partial charge in [-0.1, -0.05) is 40.9 Å². The van der Waals surface area contributed by atoms with Crippen LogP contribution in [0.15, 0.2) is 81.6 Å². The molecule has 3 aliphatic rings. The third-order valence-electron chi connectivity index (χ3n) is 6.64. The van der Waals surface area contributed by atoms with E-state index in [1.807, 2.05) is 30.4 Å². The first-order valence-electron chi connectivity index (χ1n) is 11.7. The van der Waals surface area contributed by atoms with E-state index in [9.17, 15) is 14.7 Å². The van der Waals surface area contributed by atoms with E-state index in [1.54, 1.807) is 25.1 Å². The SMILES string of the molecule is CC(OC(=O)Nc1cnoc1C#CC1=CC2=CC(C3(C(=O)O)CCOCC3)=CC2=C1)c1ccccc1Cl. The fourth-order valence-corrected chi connectivity index (χ4v) is 4.87. The van der Waals surface area contributed by atoms with Crippen LogP contribution in [-0.2, 0) is 14.3 Å². The van der Waals surface area contributed by atoms with Crippen LogP contribution in [0.5, 0.6) is 0 Å². The molecule has 2 N–H and O–H groups in total. The average molecular weight is 519 g/mol. The molecule has 1 aromatic heterocycles. The van der Waals surface area contributed by atoms with Gasteiger partial charge in [0.05, 0.1) is 11.6 Å². The van der Waals surface area contributed by atoms with E-state index in [-0.39, 0.29) is 11.4 Å². The summed E-state index contributed by atoms with van der Waals surface area (Å²) in [5.41, 5.74) is 3.39. The molecule has 2 aromatic rings. The molecule has 2 heterocycles. The van der Waals surface area contributed by atoms with Gasteiger partial charge in [0, 0.05) is 29.4 Å². The van der Waals surface area contributed by atoms with Crippen molar-refractivity contribution in [1.82, 2.24) is 5.16 Å². The second-order valence-corrected chi connectivity index (χ2v) is 9.32. The van der Waals surface area contributed by atoms with Crippen molar-refractivity contribution in [1.29, 1.82) is 0 Å². The number of ether oxygens (including phenoxy) is 2. The molecule has 0 spiro atoms. The maximum absolute atomic E-state index is 12.4. The van der Waals surface area contributed by atoms with Gasteiger partial charge in [0.2, 0.25) is 5.76 Å². The zero-order chi connectivity index (χ0) is 26.0. The molecule has 1 unspecified atom stereocenters. The predicted molar refractivity (Wildman–Crippen MR) is 136 cm³/mol. The van der Waals surface area contributed by atoms with E-state index < -0.39 is 23.6 Å². The Balaban J connectivity index is 1.25. The highest BCUT2D eigenvalue weighted by Crippen LogP contribution is 2.45. The number of fused-ring (bicyclic) bond motifs is 1. The van der Waals surface area contributed by atoms with Crippen molar-refractivity contribution in [2.45, 2.75) is 25.9 Å². The number of carbonyl (C=O) groups excluding carboxylic acids is 1. The van der Waals surface area contributed by atoms with E-state index in [0.717, 1.165) is 22.3 Å². The van der Waals surface area contributed by atoms with Crippen LogP contribution in [0.2, 0.25) is 5.02 Å². The minimum absolute atomic E-state index is 0.177. The van der Waals surface area contributed by atoms with Crippen molar-refractivity contribution in [3.05, 3.63) is 93.4 Å². The molecule has 0 radical (unpaired) electrons. The van der Waals surface area contributed by atoms with Crippen LogP contribution in [0, 0.1) is 17.3 Å². The van der Waals surface area contributed by atoms with E-state index in [2.05, 4.69) is 22.3 Å². The first kappa shape index (κ1) is 24.6. The Kier molecular flexibility index (Phi) is 6.74. The number of amides is 1. The van der Waals surface area contributed by atoms with Gasteiger partial charge in [-0.15, -0.1) is 0 Å². The highest BCUT2D eigenvalue weighted by atomic mass is 35.5. The van der Waals surface area contributed by atoms with Crippen LogP contribution in [0.25, 0.3) is 0 Å². The molecule has 1 aromatic carbocycles. The van der Waals surface area contributed by atoms with Crippen molar-refractivity contribution in [3.63, 3.8) is 0 Å². The van der Waals surface area contributed by atoms with Crippen LogP contribution in [0.1, 0.15) is 37.2 Å². The van der Waals surface area contributed by atoms with Gasteiger partial charge in [0.25, 0.3) is 0 Å². The highest BCUT2D eigenvalue weighted by molar-refractivity contribution is 6.31. The first-order chi connectivity index (χ1) is 17.9. The van der Waals surface area contributed by atoms with Crippen LogP contribution in [0.4, 0.5) is 10.5 Å². The number of halogens is 1. The lowest BCUT2D eigenvalue weighted by Gasteiger charge is -2.33. The molecule has 0 bridgehead atoms. The lowest BCUT2D eigenvalue weighted by atomic mass is 9.74. The van der Waals surface area contributed by atoms with Gasteiger partial charge in [0.15, 0.2) is 0 Å². The lowest BCUT2D eigenvalue weighted by molar-refractivity contribution is -0.151. The average Bonchev–Trinajstić information content (AvgIpc) is 3.58. The third-order valence-corrected chi connectivity index (χ3v) is 6.98. The van der Waals surface area contributed by atoms with E-state index in [1.165, 1.54) is 6.20 Å². The normalized spacial score (nSPS) is 18.3. The van der Waals surface area contributed by atoms with Crippen molar-refractivity contribution in [2.24, 2.45) is 5.41 Å². The fourth-order valence-electron chi connectivity index (χ4n) is 4.58. The van der Waals surface area contributed by atoms with Crippen LogP contribution in [0.3, 0.4) is 0 Å². The molecule has 37 heavy (non-hydrogen) atoms. The number of aromatic nitrogens is 1. The Bertz CT molecular complexity index is 1450. The number of hydrogen-bond acceptors (Lipinski definition) is 6. The van der Waals surface area contributed by atoms with E-state index in [4.69, 9.17) is 25.6 Å². The van der Waals surface area contributed by atoms with Gasteiger partial charge >= 0.3 is 12.1 Å². The van der Waals surface area contributed by atoms with Crippen molar-refractivity contribution >= 4 is 29.4 Å². The number of carboxylic acid groups (broad SMARTS) is 1. The maximum Gasteiger partial charge on any atom is 0.412 e. The molecule has 9 heteroatoms. The van der Waals surface area contributed by atoms with Crippen molar-refractivity contribution < 1.29 is 28.7 Å². The lowest BCUT2D eigenvalue weighted by Crippen LogP contribution is -2.38. The quantitative estimate of drug-likeness (QED) is 0.495. The minimum atomic E-state index is -0.922. The standard InChI is InChI=1S/C28H23ClN2O6/c1-17(22-4-2-3-5-23(22)29)36-27(34)31-24-16-30-37-25(24)7-6-18-12-19-14-21(15-20(19)13-18)28(26(32)33)8-10-35-11-9-28/h2-5,12-17H,8-11H2,1H3,(H,31,34)(H,32,33). The summed E-state index contributed by atoms with van der Waals surface area (Å²) in [7, 11) is 0. The topological polar surface area (TPSA) is 111 Å². The van der Waals surface area contributed by atoms with Crippen LogP contribution < -0.4 is 5.32 Å². The zero-order valence-electron chi connectivity index (χ0n) is 19.9. The van der Waals surface area contributed by atoms with Gasteiger partial charge in [-0.25, -0.2) is 4.79 Å². The molecule has 5 rings (SSSR count).